The summed E-state index contributed by atoms with van der Waals surface area (Å²) in [4.78, 5) is 4.68. The molecular weight excluding hydrogens is 533 g/mol. The Bertz CT molecular complexity index is 1070. The number of hydrogen-bond acceptors (Lipinski definition) is 5. The zero-order valence-electron chi connectivity index (χ0n) is 25.2. The summed E-state index contributed by atoms with van der Waals surface area (Å²) < 4.78 is 35.1. The molecule has 1 aliphatic rings. The van der Waals surface area contributed by atoms with Gasteiger partial charge in [0.05, 0.1) is 21.5 Å². The molecule has 3 atom stereocenters. The Morgan fingerprint density at radius 1 is 0.795 bits per heavy atom. The molecule has 7 heteroatoms. The van der Waals surface area contributed by atoms with E-state index in [4.69, 9.17) is 0 Å². The third kappa shape index (κ3) is 10.1. The molecule has 39 heavy (non-hydrogen) atoms. The molecule has 1 heterocycles. The van der Waals surface area contributed by atoms with E-state index >= 15 is 0 Å². The van der Waals surface area contributed by atoms with Crippen molar-refractivity contribution in [3.05, 3.63) is 47.5 Å². The third-order valence-electron chi connectivity index (χ3n) is 8.24. The maximum atomic E-state index is 11.7. The SMILES string of the molecule is CCCCC(CC)Cc1ccc2c(c1)N(CCC(C)S(=O)(=O)[O-])c1cc(CC(CC)CCCC)ccc1S2.[Na+]. The fraction of sp³-hybridized carbons (Fsp3) is 0.625. The molecule has 0 bridgehead atoms. The molecule has 3 unspecified atom stereocenters. The number of rotatable bonds is 16. The second-order valence-corrected chi connectivity index (χ2v) is 14.1. The third-order valence-corrected chi connectivity index (χ3v) is 10.6. The monoisotopic (exact) mass is 581 g/mol. The Hall–Kier alpha value is -0.500. The van der Waals surface area contributed by atoms with Crippen LogP contribution in [0.5, 0.6) is 0 Å². The summed E-state index contributed by atoms with van der Waals surface area (Å²) in [6, 6.07) is 13.6. The van der Waals surface area contributed by atoms with Crippen LogP contribution in [0, 0.1) is 11.8 Å². The smallest absolute Gasteiger partial charge is 0.748 e. The molecule has 0 N–H and O–H groups in total. The van der Waals surface area contributed by atoms with Crippen LogP contribution < -0.4 is 34.5 Å². The number of nitrogens with zero attached hydrogens (tertiary/aromatic N) is 1. The first kappa shape index (κ1) is 34.7. The summed E-state index contributed by atoms with van der Waals surface area (Å²) in [5.41, 5.74) is 4.98. The first-order chi connectivity index (χ1) is 18.2. The number of benzene rings is 2. The van der Waals surface area contributed by atoms with E-state index in [2.05, 4.69) is 69.0 Å². The van der Waals surface area contributed by atoms with Crippen molar-refractivity contribution in [2.45, 2.75) is 120 Å². The van der Waals surface area contributed by atoms with Gasteiger partial charge in [-0.05, 0) is 73.4 Å². The van der Waals surface area contributed by atoms with Gasteiger partial charge in [-0.15, -0.1) is 0 Å². The van der Waals surface area contributed by atoms with Crippen molar-refractivity contribution in [3.8, 4) is 0 Å². The van der Waals surface area contributed by atoms with Gasteiger partial charge in [0.25, 0.3) is 0 Å². The Morgan fingerprint density at radius 3 is 1.64 bits per heavy atom. The van der Waals surface area contributed by atoms with Crippen molar-refractivity contribution in [1.82, 2.24) is 0 Å². The molecule has 2 aromatic rings. The van der Waals surface area contributed by atoms with Crippen LogP contribution in [0.15, 0.2) is 46.2 Å². The predicted octanol–water partition coefficient (Wildman–Crippen LogP) is 6.13. The average molecular weight is 582 g/mol. The topological polar surface area (TPSA) is 60.4 Å². The van der Waals surface area contributed by atoms with Crippen molar-refractivity contribution < 1.29 is 42.5 Å². The van der Waals surface area contributed by atoms with Crippen LogP contribution in [-0.4, -0.2) is 24.8 Å². The Morgan fingerprint density at radius 2 is 1.26 bits per heavy atom. The molecule has 0 fully saturated rings. The zero-order valence-corrected chi connectivity index (χ0v) is 28.8. The van der Waals surface area contributed by atoms with E-state index in [1.54, 1.807) is 11.8 Å². The van der Waals surface area contributed by atoms with Crippen molar-refractivity contribution >= 4 is 33.3 Å². The molecule has 2 aromatic carbocycles. The fourth-order valence-corrected chi connectivity index (χ4v) is 6.92. The molecule has 0 aromatic heterocycles. The molecule has 0 aliphatic carbocycles. The molecule has 0 saturated heterocycles. The average Bonchev–Trinajstić information content (AvgIpc) is 2.90. The minimum Gasteiger partial charge on any atom is -0.748 e. The normalized spacial score (nSPS) is 15.2. The molecule has 4 nitrogen and oxygen atoms in total. The van der Waals surface area contributed by atoms with Crippen molar-refractivity contribution in [3.63, 3.8) is 0 Å². The van der Waals surface area contributed by atoms with Gasteiger partial charge in [-0.25, -0.2) is 8.42 Å². The van der Waals surface area contributed by atoms with E-state index in [0.717, 1.165) is 24.2 Å². The maximum Gasteiger partial charge on any atom is 1.00 e. The molecular formula is C32H48NNaO3S2. The minimum absolute atomic E-state index is 0. The fourth-order valence-electron chi connectivity index (χ4n) is 5.47. The standard InChI is InChI=1S/C32H49NO3S2.Na/c1-6-10-12-25(8-3)20-27-14-16-31-29(22-27)33(19-18-24(5)38(34,35)36)30-23-28(15-17-32(30)37-31)21-26(9-4)13-11-7-2;/h14-17,22-26H,6-13,18-21H2,1-5H3,(H,34,35,36);/q;+1/p-1. The van der Waals surface area contributed by atoms with Gasteiger partial charge in [-0.2, -0.15) is 0 Å². The minimum atomic E-state index is -4.31. The van der Waals surface area contributed by atoms with Gasteiger partial charge >= 0.3 is 29.6 Å². The summed E-state index contributed by atoms with van der Waals surface area (Å²) in [6.07, 6.45) is 12.3. The number of fused-ring (bicyclic) bond motifs is 2. The van der Waals surface area contributed by atoms with Crippen LogP contribution in [0.2, 0.25) is 0 Å². The van der Waals surface area contributed by atoms with E-state index < -0.39 is 15.4 Å². The van der Waals surface area contributed by atoms with Crippen LogP contribution in [0.25, 0.3) is 0 Å². The van der Waals surface area contributed by atoms with Gasteiger partial charge in [0.15, 0.2) is 0 Å². The predicted molar refractivity (Wildman–Crippen MR) is 162 cm³/mol. The first-order valence-electron chi connectivity index (χ1n) is 14.9. The zero-order chi connectivity index (χ0) is 27.7. The number of hydrogen-bond donors (Lipinski definition) is 0. The van der Waals surface area contributed by atoms with Crippen LogP contribution in [-0.2, 0) is 23.0 Å². The molecule has 212 valence electrons. The Labute approximate surface area is 265 Å². The van der Waals surface area contributed by atoms with Crippen LogP contribution in [0.3, 0.4) is 0 Å². The molecule has 0 radical (unpaired) electrons. The summed E-state index contributed by atoms with van der Waals surface area (Å²) in [6.45, 7) is 11.1. The van der Waals surface area contributed by atoms with E-state index in [9.17, 15) is 13.0 Å². The Balaban J connectivity index is 0.00000533. The van der Waals surface area contributed by atoms with E-state index in [1.807, 2.05) is 0 Å². The molecule has 1 aliphatic heterocycles. The largest absolute Gasteiger partial charge is 1.00 e. The maximum absolute atomic E-state index is 11.7. The van der Waals surface area contributed by atoms with Crippen molar-refractivity contribution in [2.75, 3.05) is 11.4 Å². The van der Waals surface area contributed by atoms with Gasteiger partial charge in [0.2, 0.25) is 0 Å². The van der Waals surface area contributed by atoms with E-state index in [0.29, 0.717) is 24.8 Å². The summed E-state index contributed by atoms with van der Waals surface area (Å²) in [5.74, 6) is 1.35. The van der Waals surface area contributed by atoms with Crippen LogP contribution in [0.1, 0.15) is 104 Å². The van der Waals surface area contributed by atoms with Gasteiger partial charge in [-0.3, -0.25) is 0 Å². The van der Waals surface area contributed by atoms with Crippen molar-refractivity contribution in [1.29, 1.82) is 0 Å². The van der Waals surface area contributed by atoms with Gasteiger partial charge < -0.3 is 9.45 Å². The summed E-state index contributed by atoms with van der Waals surface area (Å²) in [5, 5.41) is -0.910. The molecule has 0 saturated carbocycles. The van der Waals surface area contributed by atoms with Crippen LogP contribution in [0.4, 0.5) is 11.4 Å². The molecule has 0 spiro atoms. The van der Waals surface area contributed by atoms with Gasteiger partial charge in [0, 0.05) is 21.6 Å². The second kappa shape index (κ2) is 16.8. The van der Waals surface area contributed by atoms with E-state index in [-0.39, 0.29) is 29.6 Å². The van der Waals surface area contributed by atoms with Gasteiger partial charge in [0.1, 0.15) is 0 Å². The molecule has 3 rings (SSSR count). The van der Waals surface area contributed by atoms with Gasteiger partial charge in [-0.1, -0.05) is 103 Å². The van der Waals surface area contributed by atoms with Crippen LogP contribution >= 0.6 is 11.8 Å². The second-order valence-electron chi connectivity index (χ2n) is 11.2. The first-order valence-corrected chi connectivity index (χ1v) is 17.1. The number of anilines is 2. The summed E-state index contributed by atoms with van der Waals surface area (Å²) in [7, 11) is -4.31. The van der Waals surface area contributed by atoms with Crippen molar-refractivity contribution in [2.24, 2.45) is 11.8 Å². The molecule has 0 amide bonds. The Kier molecular flexibility index (Phi) is 15.0. The number of unbranched alkanes of at least 4 members (excludes halogenated alkanes) is 2. The van der Waals surface area contributed by atoms with E-state index in [1.165, 1.54) is 79.2 Å². The quantitative estimate of drug-likeness (QED) is 0.176. The summed E-state index contributed by atoms with van der Waals surface area (Å²) >= 11 is 1.80.